The summed E-state index contributed by atoms with van der Waals surface area (Å²) in [7, 11) is 0. The number of ether oxygens (including phenoxy) is 1. The molecular weight excluding hydrogens is 296 g/mol. The molecule has 3 nitrogen and oxygen atoms in total. The lowest BCUT2D eigenvalue weighted by atomic mass is 10.0. The molecule has 0 spiro atoms. The molecule has 0 saturated heterocycles. The van der Waals surface area contributed by atoms with E-state index < -0.39 is 0 Å². The summed E-state index contributed by atoms with van der Waals surface area (Å²) in [6.07, 6.45) is 0.334. The molecule has 0 aliphatic rings. The molecular formula is C14H17BrO3. The topological polar surface area (TPSA) is 43.4 Å². The van der Waals surface area contributed by atoms with Crippen LogP contribution < -0.4 is 0 Å². The van der Waals surface area contributed by atoms with Gasteiger partial charge in [-0.1, -0.05) is 15.9 Å². The van der Waals surface area contributed by atoms with E-state index in [0.29, 0.717) is 12.2 Å². The monoisotopic (exact) mass is 312 g/mol. The summed E-state index contributed by atoms with van der Waals surface area (Å²) in [5, 5.41) is 0. The van der Waals surface area contributed by atoms with Crippen molar-refractivity contribution in [1.82, 2.24) is 0 Å². The first-order chi connectivity index (χ1) is 8.45. The van der Waals surface area contributed by atoms with Crippen LogP contribution in [0.5, 0.6) is 0 Å². The number of hydrogen-bond acceptors (Lipinski definition) is 3. The molecule has 0 saturated carbocycles. The number of benzene rings is 1. The number of halogens is 1. The van der Waals surface area contributed by atoms with Gasteiger partial charge in [0.1, 0.15) is 0 Å². The largest absolute Gasteiger partial charge is 0.466 e. The van der Waals surface area contributed by atoms with E-state index in [2.05, 4.69) is 15.9 Å². The van der Waals surface area contributed by atoms with Crippen molar-refractivity contribution in [1.29, 1.82) is 0 Å². The standard InChI is InChI=1S/C14H17BrO3/c1-4-18-13(17)6-5-12(16)11-7-9(2)14(15)10(3)8-11/h7-8H,4-6H2,1-3H3. The van der Waals surface area contributed by atoms with Crippen LogP contribution in [0, 0.1) is 13.8 Å². The fourth-order valence-corrected chi connectivity index (χ4v) is 1.93. The number of rotatable bonds is 5. The average molecular weight is 313 g/mol. The van der Waals surface area contributed by atoms with Gasteiger partial charge in [0.05, 0.1) is 13.0 Å². The van der Waals surface area contributed by atoms with Gasteiger partial charge in [0.15, 0.2) is 5.78 Å². The van der Waals surface area contributed by atoms with E-state index >= 15 is 0 Å². The van der Waals surface area contributed by atoms with Crippen LogP contribution in [0.2, 0.25) is 0 Å². The van der Waals surface area contributed by atoms with Gasteiger partial charge in [0.25, 0.3) is 0 Å². The number of carbonyl (C=O) groups excluding carboxylic acids is 2. The van der Waals surface area contributed by atoms with Gasteiger partial charge in [0.2, 0.25) is 0 Å². The van der Waals surface area contributed by atoms with Gasteiger partial charge in [-0.3, -0.25) is 9.59 Å². The molecule has 0 fully saturated rings. The van der Waals surface area contributed by atoms with E-state index in [1.54, 1.807) is 6.92 Å². The number of hydrogen-bond donors (Lipinski definition) is 0. The van der Waals surface area contributed by atoms with Crippen LogP contribution in [0.15, 0.2) is 16.6 Å². The zero-order valence-electron chi connectivity index (χ0n) is 10.9. The summed E-state index contributed by atoms with van der Waals surface area (Å²) >= 11 is 3.46. The highest BCUT2D eigenvalue weighted by Crippen LogP contribution is 2.23. The predicted octanol–water partition coefficient (Wildman–Crippen LogP) is 3.59. The highest BCUT2D eigenvalue weighted by atomic mass is 79.9. The van der Waals surface area contributed by atoms with Gasteiger partial charge >= 0.3 is 5.97 Å². The molecule has 0 atom stereocenters. The van der Waals surface area contributed by atoms with E-state index in [1.807, 2.05) is 26.0 Å². The van der Waals surface area contributed by atoms with E-state index in [4.69, 9.17) is 4.74 Å². The van der Waals surface area contributed by atoms with Crippen LogP contribution in [0.1, 0.15) is 41.3 Å². The van der Waals surface area contributed by atoms with Gasteiger partial charge in [-0.2, -0.15) is 0 Å². The van der Waals surface area contributed by atoms with Crippen molar-refractivity contribution in [2.75, 3.05) is 6.61 Å². The Morgan fingerprint density at radius 2 is 1.72 bits per heavy atom. The Labute approximate surface area is 116 Å². The lowest BCUT2D eigenvalue weighted by Gasteiger charge is -2.07. The minimum atomic E-state index is -0.323. The number of esters is 1. The Morgan fingerprint density at radius 1 is 1.17 bits per heavy atom. The molecule has 0 bridgehead atoms. The summed E-state index contributed by atoms with van der Waals surface area (Å²) in [4.78, 5) is 23.1. The molecule has 98 valence electrons. The van der Waals surface area contributed by atoms with Crippen LogP contribution in [0.4, 0.5) is 0 Å². The zero-order chi connectivity index (χ0) is 13.7. The molecule has 4 heteroatoms. The first-order valence-corrected chi connectivity index (χ1v) is 6.70. The van der Waals surface area contributed by atoms with E-state index in [0.717, 1.165) is 15.6 Å². The fraction of sp³-hybridized carbons (Fsp3) is 0.429. The molecule has 0 heterocycles. The maximum absolute atomic E-state index is 11.9. The average Bonchev–Trinajstić information content (AvgIpc) is 2.32. The van der Waals surface area contributed by atoms with Crippen LogP contribution in [-0.4, -0.2) is 18.4 Å². The van der Waals surface area contributed by atoms with Gasteiger partial charge in [0, 0.05) is 16.5 Å². The number of Topliss-reactive ketones (excluding diaryl/α,β-unsaturated/α-hetero) is 1. The van der Waals surface area contributed by atoms with Gasteiger partial charge in [-0.25, -0.2) is 0 Å². The second-order valence-corrected chi connectivity index (χ2v) is 4.95. The highest BCUT2D eigenvalue weighted by molar-refractivity contribution is 9.10. The summed E-state index contributed by atoms with van der Waals surface area (Å²) in [5.41, 5.74) is 2.70. The smallest absolute Gasteiger partial charge is 0.306 e. The molecule has 1 aromatic rings. The maximum atomic E-state index is 11.9. The quantitative estimate of drug-likeness (QED) is 0.616. The molecule has 0 aliphatic carbocycles. The van der Waals surface area contributed by atoms with E-state index in [9.17, 15) is 9.59 Å². The Kier molecular flexibility index (Phi) is 5.54. The molecule has 0 radical (unpaired) electrons. The van der Waals surface area contributed by atoms with Gasteiger partial charge in [-0.15, -0.1) is 0 Å². The number of aryl methyl sites for hydroxylation is 2. The molecule has 1 rings (SSSR count). The van der Waals surface area contributed by atoms with Crippen molar-refractivity contribution in [3.05, 3.63) is 33.3 Å². The Hall–Kier alpha value is -1.16. The summed E-state index contributed by atoms with van der Waals surface area (Å²) < 4.78 is 5.81. The van der Waals surface area contributed by atoms with Crippen molar-refractivity contribution in [3.8, 4) is 0 Å². The number of carbonyl (C=O) groups is 2. The minimum Gasteiger partial charge on any atom is -0.466 e. The molecule has 18 heavy (non-hydrogen) atoms. The van der Waals surface area contributed by atoms with Gasteiger partial charge in [-0.05, 0) is 44.0 Å². The second kappa shape index (κ2) is 6.69. The molecule has 0 aliphatic heterocycles. The number of ketones is 1. The molecule has 0 N–H and O–H groups in total. The lowest BCUT2D eigenvalue weighted by molar-refractivity contribution is -0.143. The summed E-state index contributed by atoms with van der Waals surface area (Å²) in [5.74, 6) is -0.349. The Bertz CT molecular complexity index is 443. The first-order valence-electron chi connectivity index (χ1n) is 5.91. The minimum absolute atomic E-state index is 0.0262. The second-order valence-electron chi connectivity index (χ2n) is 4.15. The Balaban J connectivity index is 2.70. The fourth-order valence-electron chi connectivity index (χ4n) is 1.70. The van der Waals surface area contributed by atoms with Crippen molar-refractivity contribution in [3.63, 3.8) is 0 Å². The SMILES string of the molecule is CCOC(=O)CCC(=O)c1cc(C)c(Br)c(C)c1. The van der Waals surface area contributed by atoms with Crippen LogP contribution in [0.25, 0.3) is 0 Å². The maximum Gasteiger partial charge on any atom is 0.306 e. The van der Waals surface area contributed by atoms with Crippen molar-refractivity contribution < 1.29 is 14.3 Å². The normalized spacial score (nSPS) is 10.2. The third-order valence-corrected chi connectivity index (χ3v) is 3.87. The third-order valence-electron chi connectivity index (χ3n) is 2.62. The van der Waals surface area contributed by atoms with Gasteiger partial charge < -0.3 is 4.74 Å². The molecule has 0 unspecified atom stereocenters. The van der Waals surface area contributed by atoms with E-state index in [-0.39, 0.29) is 24.6 Å². The molecule has 1 aromatic carbocycles. The van der Waals surface area contributed by atoms with Crippen molar-refractivity contribution in [2.45, 2.75) is 33.6 Å². The van der Waals surface area contributed by atoms with Crippen LogP contribution in [0.3, 0.4) is 0 Å². The highest BCUT2D eigenvalue weighted by Gasteiger charge is 2.12. The summed E-state index contributed by atoms with van der Waals surface area (Å²) in [6.45, 7) is 5.99. The van der Waals surface area contributed by atoms with Crippen molar-refractivity contribution >= 4 is 27.7 Å². The lowest BCUT2D eigenvalue weighted by Crippen LogP contribution is -2.08. The first kappa shape index (κ1) is 14.9. The van der Waals surface area contributed by atoms with Crippen LogP contribution >= 0.6 is 15.9 Å². The van der Waals surface area contributed by atoms with Crippen LogP contribution in [-0.2, 0) is 9.53 Å². The summed E-state index contributed by atoms with van der Waals surface area (Å²) in [6, 6.07) is 3.68. The zero-order valence-corrected chi connectivity index (χ0v) is 12.5. The van der Waals surface area contributed by atoms with E-state index in [1.165, 1.54) is 0 Å². The predicted molar refractivity (Wildman–Crippen MR) is 73.8 cm³/mol. The Morgan fingerprint density at radius 3 is 2.22 bits per heavy atom. The van der Waals surface area contributed by atoms with Crippen molar-refractivity contribution in [2.24, 2.45) is 0 Å². The molecule has 0 aromatic heterocycles. The third kappa shape index (κ3) is 3.95. The molecule has 0 amide bonds.